The lowest BCUT2D eigenvalue weighted by Gasteiger charge is -2.25. The summed E-state index contributed by atoms with van der Waals surface area (Å²) in [5, 5.41) is 0.713. The third kappa shape index (κ3) is 2.29. The van der Waals surface area contributed by atoms with E-state index in [1.165, 1.54) is 5.56 Å². The summed E-state index contributed by atoms with van der Waals surface area (Å²) in [6.45, 7) is 2.11. The van der Waals surface area contributed by atoms with Crippen LogP contribution < -0.4 is 0 Å². The quantitative estimate of drug-likeness (QED) is 0.588. The Morgan fingerprint density at radius 2 is 2.12 bits per heavy atom. The van der Waals surface area contributed by atoms with Crippen LogP contribution in [-0.2, 0) is 16.8 Å². The third-order valence-electron chi connectivity index (χ3n) is 3.64. The van der Waals surface area contributed by atoms with E-state index in [2.05, 4.69) is 11.9 Å². The zero-order valence-corrected chi connectivity index (χ0v) is 10.8. The predicted octanol–water partition coefficient (Wildman–Crippen LogP) is 4.01. The molecule has 90 valence electrons. The molecular weight excluding hydrogens is 234 g/mol. The van der Waals surface area contributed by atoms with Gasteiger partial charge in [0.15, 0.2) is 0 Å². The highest BCUT2D eigenvalue weighted by Gasteiger charge is 2.37. The van der Waals surface area contributed by atoms with Crippen molar-refractivity contribution in [2.75, 3.05) is 0 Å². The fourth-order valence-electron chi connectivity index (χ4n) is 2.78. The van der Waals surface area contributed by atoms with E-state index in [1.807, 2.05) is 18.2 Å². The van der Waals surface area contributed by atoms with Crippen molar-refractivity contribution in [3.63, 3.8) is 0 Å². The number of hydrogen-bond donors (Lipinski definition) is 0. The number of carbonyl (C=O) groups excluding carboxylic acids is 1. The minimum absolute atomic E-state index is 0.363. The molecule has 1 aliphatic rings. The zero-order valence-electron chi connectivity index (χ0n) is 10.0. The molecule has 1 aliphatic carbocycles. The first-order chi connectivity index (χ1) is 8.22. The predicted molar refractivity (Wildman–Crippen MR) is 69.1 cm³/mol. The van der Waals surface area contributed by atoms with Crippen molar-refractivity contribution in [3.05, 3.63) is 34.3 Å². The molecule has 0 radical (unpaired) electrons. The molecule has 1 saturated carbocycles. The number of aryl methyl sites for hydroxylation is 1. The van der Waals surface area contributed by atoms with Crippen molar-refractivity contribution < 1.29 is 4.79 Å². The van der Waals surface area contributed by atoms with Gasteiger partial charge in [0.05, 0.1) is 5.54 Å². The van der Waals surface area contributed by atoms with Gasteiger partial charge in [-0.15, -0.1) is 0 Å². The molecule has 0 amide bonds. The van der Waals surface area contributed by atoms with Crippen LogP contribution in [0.3, 0.4) is 0 Å². The summed E-state index contributed by atoms with van der Waals surface area (Å²) in [5.74, 6) is 0. The monoisotopic (exact) mass is 249 g/mol. The van der Waals surface area contributed by atoms with Crippen molar-refractivity contribution >= 4 is 17.7 Å². The van der Waals surface area contributed by atoms with E-state index < -0.39 is 0 Å². The van der Waals surface area contributed by atoms with E-state index in [4.69, 9.17) is 11.6 Å². The second-order valence-electron chi connectivity index (χ2n) is 4.60. The second-order valence-corrected chi connectivity index (χ2v) is 5.03. The summed E-state index contributed by atoms with van der Waals surface area (Å²) < 4.78 is 0. The highest BCUT2D eigenvalue weighted by Crippen LogP contribution is 2.44. The summed E-state index contributed by atoms with van der Waals surface area (Å²) in [7, 11) is 0. The second kappa shape index (κ2) is 5.03. The summed E-state index contributed by atoms with van der Waals surface area (Å²) in [6, 6.07) is 5.90. The lowest BCUT2D eigenvalue weighted by Crippen LogP contribution is -2.21. The van der Waals surface area contributed by atoms with Crippen LogP contribution in [0.2, 0.25) is 5.02 Å². The van der Waals surface area contributed by atoms with Crippen LogP contribution in [0.25, 0.3) is 0 Å². The molecule has 3 heteroatoms. The van der Waals surface area contributed by atoms with E-state index in [-0.39, 0.29) is 5.54 Å². The fraction of sp³-hybridized carbons (Fsp3) is 0.500. The van der Waals surface area contributed by atoms with Crippen LogP contribution in [-0.4, -0.2) is 6.08 Å². The van der Waals surface area contributed by atoms with Gasteiger partial charge in [-0.25, -0.2) is 4.79 Å². The van der Waals surface area contributed by atoms with Crippen molar-refractivity contribution in [3.8, 4) is 0 Å². The molecule has 17 heavy (non-hydrogen) atoms. The molecule has 2 nitrogen and oxygen atoms in total. The van der Waals surface area contributed by atoms with Crippen LogP contribution >= 0.6 is 11.6 Å². The molecule has 1 aromatic carbocycles. The average Bonchev–Trinajstić information content (AvgIpc) is 2.79. The number of halogens is 1. The van der Waals surface area contributed by atoms with E-state index in [1.54, 1.807) is 6.08 Å². The zero-order chi connectivity index (χ0) is 12.3. The van der Waals surface area contributed by atoms with Gasteiger partial charge in [-0.1, -0.05) is 37.4 Å². The van der Waals surface area contributed by atoms with Gasteiger partial charge in [0.25, 0.3) is 0 Å². The number of isocyanates is 1. The Bertz CT molecular complexity index is 457. The molecule has 1 fully saturated rings. The smallest absolute Gasteiger partial charge is 0.211 e. The number of benzene rings is 1. The van der Waals surface area contributed by atoms with Gasteiger partial charge in [-0.2, -0.15) is 4.99 Å². The fourth-order valence-corrected chi connectivity index (χ4v) is 2.95. The molecule has 0 aromatic heterocycles. The maximum absolute atomic E-state index is 10.7. The highest BCUT2D eigenvalue weighted by atomic mass is 35.5. The number of nitrogens with zero attached hydrogens (tertiary/aromatic N) is 1. The molecule has 2 rings (SSSR count). The minimum Gasteiger partial charge on any atom is -0.211 e. The lowest BCUT2D eigenvalue weighted by atomic mass is 9.85. The first-order valence-electron chi connectivity index (χ1n) is 6.10. The van der Waals surface area contributed by atoms with Gasteiger partial charge < -0.3 is 0 Å². The Morgan fingerprint density at radius 1 is 1.41 bits per heavy atom. The molecule has 0 spiro atoms. The van der Waals surface area contributed by atoms with E-state index in [0.717, 1.165) is 37.7 Å². The molecule has 0 saturated heterocycles. The van der Waals surface area contributed by atoms with Gasteiger partial charge in [-0.3, -0.25) is 0 Å². The van der Waals surface area contributed by atoms with Crippen LogP contribution in [0.1, 0.15) is 43.7 Å². The largest absolute Gasteiger partial charge is 0.235 e. The van der Waals surface area contributed by atoms with E-state index >= 15 is 0 Å². The minimum atomic E-state index is -0.363. The number of rotatable bonds is 3. The van der Waals surface area contributed by atoms with Gasteiger partial charge in [0, 0.05) is 5.02 Å². The van der Waals surface area contributed by atoms with Crippen molar-refractivity contribution in [1.29, 1.82) is 0 Å². The molecular formula is C14H16ClNO. The Labute approximate surface area is 107 Å². The van der Waals surface area contributed by atoms with Crippen LogP contribution in [0.15, 0.2) is 23.2 Å². The Morgan fingerprint density at radius 3 is 2.71 bits per heavy atom. The van der Waals surface area contributed by atoms with Gasteiger partial charge >= 0.3 is 0 Å². The SMILES string of the molecule is CCc1ccc(Cl)cc1C1(N=C=O)CCCC1. The van der Waals surface area contributed by atoms with Gasteiger partial charge in [0.1, 0.15) is 0 Å². The summed E-state index contributed by atoms with van der Waals surface area (Å²) >= 11 is 6.07. The van der Waals surface area contributed by atoms with Gasteiger partial charge in [-0.05, 0) is 42.5 Å². The summed E-state index contributed by atoms with van der Waals surface area (Å²) in [4.78, 5) is 14.8. The number of hydrogen-bond acceptors (Lipinski definition) is 2. The third-order valence-corrected chi connectivity index (χ3v) is 3.88. The van der Waals surface area contributed by atoms with Crippen molar-refractivity contribution in [2.45, 2.75) is 44.6 Å². The molecule has 0 atom stereocenters. The Hall–Kier alpha value is -1.11. The van der Waals surface area contributed by atoms with Crippen LogP contribution in [0.5, 0.6) is 0 Å². The molecule has 0 heterocycles. The van der Waals surface area contributed by atoms with Crippen molar-refractivity contribution in [1.82, 2.24) is 0 Å². The highest BCUT2D eigenvalue weighted by molar-refractivity contribution is 6.30. The lowest BCUT2D eigenvalue weighted by molar-refractivity contribution is 0.452. The van der Waals surface area contributed by atoms with Gasteiger partial charge in [0.2, 0.25) is 6.08 Å². The first kappa shape index (κ1) is 12.3. The maximum atomic E-state index is 10.7. The summed E-state index contributed by atoms with van der Waals surface area (Å²) in [5.41, 5.74) is 1.99. The molecule has 0 N–H and O–H groups in total. The van der Waals surface area contributed by atoms with E-state index in [0.29, 0.717) is 5.02 Å². The Balaban J connectivity index is 2.56. The normalized spacial score (nSPS) is 17.8. The summed E-state index contributed by atoms with van der Waals surface area (Å²) in [6.07, 6.45) is 6.76. The molecule has 1 aromatic rings. The maximum Gasteiger partial charge on any atom is 0.235 e. The van der Waals surface area contributed by atoms with E-state index in [9.17, 15) is 4.79 Å². The molecule has 0 unspecified atom stereocenters. The standard InChI is InChI=1S/C14H16ClNO/c1-2-11-5-6-12(15)9-13(11)14(16-10-17)7-3-4-8-14/h5-6,9H,2-4,7-8H2,1H3. The van der Waals surface area contributed by atoms with Crippen LogP contribution in [0, 0.1) is 0 Å². The molecule has 0 bridgehead atoms. The van der Waals surface area contributed by atoms with Crippen LogP contribution in [0.4, 0.5) is 0 Å². The van der Waals surface area contributed by atoms with Crippen molar-refractivity contribution in [2.24, 2.45) is 4.99 Å². The topological polar surface area (TPSA) is 29.4 Å². The Kier molecular flexibility index (Phi) is 3.66. The number of aliphatic imine (C=N–C) groups is 1. The average molecular weight is 250 g/mol. The first-order valence-corrected chi connectivity index (χ1v) is 6.47. The molecule has 0 aliphatic heterocycles.